The van der Waals surface area contributed by atoms with Crippen molar-refractivity contribution in [3.05, 3.63) is 30.1 Å². The van der Waals surface area contributed by atoms with Crippen molar-refractivity contribution < 1.29 is 19.4 Å². The zero-order valence-corrected chi connectivity index (χ0v) is 11.7. The summed E-state index contributed by atoms with van der Waals surface area (Å²) in [6.45, 7) is 5.56. The van der Waals surface area contributed by atoms with Crippen molar-refractivity contribution >= 4 is 18.0 Å². The van der Waals surface area contributed by atoms with E-state index in [9.17, 15) is 9.59 Å². The minimum atomic E-state index is -1.04. The minimum Gasteiger partial charge on any atom is -0.482 e. The van der Waals surface area contributed by atoms with Gasteiger partial charge in [-0.2, -0.15) is 0 Å². The van der Waals surface area contributed by atoms with E-state index in [4.69, 9.17) is 9.84 Å². The van der Waals surface area contributed by atoms with Crippen LogP contribution in [0.4, 0.5) is 0 Å². The number of hydrogen-bond donors (Lipinski definition) is 2. The first-order valence-electron chi connectivity index (χ1n) is 6.07. The molecule has 0 spiro atoms. The fourth-order valence-corrected chi connectivity index (χ4v) is 1.34. The van der Waals surface area contributed by atoms with Crippen LogP contribution in [0.3, 0.4) is 0 Å². The number of carboxylic acid groups (broad SMARTS) is 1. The molecule has 0 fully saturated rings. The molecule has 108 valence electrons. The maximum absolute atomic E-state index is 11.5. The predicted octanol–water partition coefficient (Wildman–Crippen LogP) is 1.47. The Morgan fingerprint density at radius 1 is 1.40 bits per heavy atom. The second-order valence-corrected chi connectivity index (χ2v) is 5.18. The fourth-order valence-electron chi connectivity index (χ4n) is 1.34. The van der Waals surface area contributed by atoms with Crippen LogP contribution >= 0.6 is 0 Å². The maximum atomic E-state index is 11.5. The Balaban J connectivity index is 2.50. The molecule has 2 N–H and O–H groups in total. The Kier molecular flexibility index (Phi) is 5.25. The van der Waals surface area contributed by atoms with Gasteiger partial charge in [0.25, 0.3) is 5.91 Å². The highest BCUT2D eigenvalue weighted by atomic mass is 16.5. The van der Waals surface area contributed by atoms with Crippen molar-refractivity contribution in [2.45, 2.75) is 26.3 Å². The molecule has 0 unspecified atom stereocenters. The SMILES string of the molecule is CC(C)(C)NC(=O)COc1ccc(C=CC(=O)O)nc1. The summed E-state index contributed by atoms with van der Waals surface area (Å²) in [5, 5.41) is 11.3. The number of ether oxygens (including phenoxy) is 1. The number of aliphatic carboxylic acids is 1. The molecule has 0 saturated heterocycles. The van der Waals surface area contributed by atoms with Gasteiger partial charge in [0, 0.05) is 11.6 Å². The number of pyridine rings is 1. The lowest BCUT2D eigenvalue weighted by molar-refractivity contribution is -0.131. The summed E-state index contributed by atoms with van der Waals surface area (Å²) in [6.07, 6.45) is 3.81. The van der Waals surface area contributed by atoms with Gasteiger partial charge in [-0.3, -0.25) is 9.78 Å². The highest BCUT2D eigenvalue weighted by molar-refractivity contribution is 5.84. The lowest BCUT2D eigenvalue weighted by atomic mass is 10.1. The Labute approximate surface area is 117 Å². The van der Waals surface area contributed by atoms with Gasteiger partial charge in [0.1, 0.15) is 5.75 Å². The third kappa shape index (κ3) is 6.53. The van der Waals surface area contributed by atoms with Gasteiger partial charge in [0.15, 0.2) is 6.61 Å². The summed E-state index contributed by atoms with van der Waals surface area (Å²) in [5.74, 6) is -0.806. The molecule has 6 heteroatoms. The number of hydrogen-bond acceptors (Lipinski definition) is 4. The minimum absolute atomic E-state index is 0.0940. The van der Waals surface area contributed by atoms with E-state index < -0.39 is 5.97 Å². The summed E-state index contributed by atoms with van der Waals surface area (Å²) in [6, 6.07) is 3.23. The van der Waals surface area contributed by atoms with E-state index in [-0.39, 0.29) is 18.1 Å². The second-order valence-electron chi connectivity index (χ2n) is 5.18. The highest BCUT2D eigenvalue weighted by Crippen LogP contribution is 2.10. The number of nitrogens with one attached hydrogen (secondary N) is 1. The molecule has 1 amide bonds. The Morgan fingerprint density at radius 2 is 2.10 bits per heavy atom. The molecule has 1 aromatic rings. The molecule has 0 saturated carbocycles. The molecule has 1 aromatic heterocycles. The number of carboxylic acids is 1. The number of amides is 1. The van der Waals surface area contributed by atoms with Crippen LogP contribution in [0.1, 0.15) is 26.5 Å². The average molecular weight is 278 g/mol. The van der Waals surface area contributed by atoms with Gasteiger partial charge in [-0.25, -0.2) is 4.79 Å². The van der Waals surface area contributed by atoms with Crippen molar-refractivity contribution in [2.75, 3.05) is 6.61 Å². The van der Waals surface area contributed by atoms with Crippen molar-refractivity contribution in [2.24, 2.45) is 0 Å². The molecule has 6 nitrogen and oxygen atoms in total. The zero-order valence-electron chi connectivity index (χ0n) is 11.7. The Morgan fingerprint density at radius 3 is 2.60 bits per heavy atom. The van der Waals surface area contributed by atoms with Gasteiger partial charge in [-0.05, 0) is 39.0 Å². The molecule has 0 radical (unpaired) electrons. The summed E-state index contributed by atoms with van der Waals surface area (Å²) in [4.78, 5) is 25.9. The predicted molar refractivity (Wildman–Crippen MR) is 74.3 cm³/mol. The molecule has 0 aliphatic carbocycles. The molecule has 20 heavy (non-hydrogen) atoms. The Hall–Kier alpha value is -2.37. The van der Waals surface area contributed by atoms with Crippen LogP contribution in [-0.4, -0.2) is 34.1 Å². The van der Waals surface area contributed by atoms with Crippen molar-refractivity contribution in [3.8, 4) is 5.75 Å². The Bertz CT molecular complexity index is 501. The molecule has 0 aliphatic rings. The van der Waals surface area contributed by atoms with E-state index in [1.165, 1.54) is 12.3 Å². The number of rotatable bonds is 5. The number of aromatic nitrogens is 1. The van der Waals surface area contributed by atoms with E-state index in [0.29, 0.717) is 11.4 Å². The van der Waals surface area contributed by atoms with Gasteiger partial charge in [-0.1, -0.05) is 0 Å². The van der Waals surface area contributed by atoms with Gasteiger partial charge in [0.2, 0.25) is 0 Å². The molecule has 1 rings (SSSR count). The molecule has 0 bridgehead atoms. The summed E-state index contributed by atoms with van der Waals surface area (Å²) in [5.41, 5.74) is 0.198. The van der Waals surface area contributed by atoms with Crippen LogP contribution in [0.15, 0.2) is 24.4 Å². The van der Waals surface area contributed by atoms with Gasteiger partial charge in [0.05, 0.1) is 11.9 Å². The van der Waals surface area contributed by atoms with Gasteiger partial charge in [-0.15, -0.1) is 0 Å². The first kappa shape index (κ1) is 15.7. The second kappa shape index (κ2) is 6.70. The fraction of sp³-hybridized carbons (Fsp3) is 0.357. The van der Waals surface area contributed by atoms with E-state index in [1.807, 2.05) is 20.8 Å². The van der Waals surface area contributed by atoms with Gasteiger partial charge < -0.3 is 15.2 Å². The summed E-state index contributed by atoms with van der Waals surface area (Å²) >= 11 is 0. The number of carbonyl (C=O) groups excluding carboxylic acids is 1. The summed E-state index contributed by atoms with van der Waals surface area (Å²) in [7, 11) is 0. The standard InChI is InChI=1S/C14H18N2O4/c1-14(2,3)16-12(17)9-20-11-6-4-10(15-8-11)5-7-13(18)19/h4-8H,9H2,1-3H3,(H,16,17)(H,18,19). The van der Waals surface area contributed by atoms with Gasteiger partial charge >= 0.3 is 5.97 Å². The lowest BCUT2D eigenvalue weighted by Crippen LogP contribution is -2.43. The lowest BCUT2D eigenvalue weighted by Gasteiger charge is -2.20. The van der Waals surface area contributed by atoms with Crippen LogP contribution in [-0.2, 0) is 9.59 Å². The van der Waals surface area contributed by atoms with E-state index in [0.717, 1.165) is 6.08 Å². The number of nitrogens with zero attached hydrogens (tertiary/aromatic N) is 1. The first-order valence-corrected chi connectivity index (χ1v) is 6.07. The average Bonchev–Trinajstić information content (AvgIpc) is 2.33. The third-order valence-corrected chi connectivity index (χ3v) is 2.04. The maximum Gasteiger partial charge on any atom is 0.328 e. The summed E-state index contributed by atoms with van der Waals surface area (Å²) < 4.78 is 5.28. The monoisotopic (exact) mass is 278 g/mol. The molecular weight excluding hydrogens is 260 g/mol. The van der Waals surface area contributed by atoms with Crippen LogP contribution in [0, 0.1) is 0 Å². The molecule has 1 heterocycles. The third-order valence-electron chi connectivity index (χ3n) is 2.04. The molecule has 0 aromatic carbocycles. The van der Waals surface area contributed by atoms with E-state index in [1.54, 1.807) is 12.1 Å². The normalized spacial score (nSPS) is 11.3. The first-order chi connectivity index (χ1) is 9.26. The van der Waals surface area contributed by atoms with Crippen molar-refractivity contribution in [1.82, 2.24) is 10.3 Å². The number of carbonyl (C=O) groups is 2. The molecule has 0 aliphatic heterocycles. The van der Waals surface area contributed by atoms with Crippen molar-refractivity contribution in [3.63, 3.8) is 0 Å². The van der Waals surface area contributed by atoms with Crippen molar-refractivity contribution in [1.29, 1.82) is 0 Å². The largest absolute Gasteiger partial charge is 0.482 e. The van der Waals surface area contributed by atoms with E-state index in [2.05, 4.69) is 10.3 Å². The van der Waals surface area contributed by atoms with Crippen LogP contribution < -0.4 is 10.1 Å². The smallest absolute Gasteiger partial charge is 0.328 e. The van der Waals surface area contributed by atoms with Crippen LogP contribution in [0.5, 0.6) is 5.75 Å². The van der Waals surface area contributed by atoms with E-state index >= 15 is 0 Å². The zero-order chi connectivity index (χ0) is 15.2. The highest BCUT2D eigenvalue weighted by Gasteiger charge is 2.13. The topological polar surface area (TPSA) is 88.5 Å². The van der Waals surface area contributed by atoms with Crippen LogP contribution in [0.25, 0.3) is 6.08 Å². The van der Waals surface area contributed by atoms with Crippen LogP contribution in [0.2, 0.25) is 0 Å². The molecular formula is C14H18N2O4. The quantitative estimate of drug-likeness (QED) is 0.796. The molecule has 0 atom stereocenters.